The lowest BCUT2D eigenvalue weighted by Crippen LogP contribution is -2.08. The van der Waals surface area contributed by atoms with Gasteiger partial charge in [-0.2, -0.15) is 0 Å². The van der Waals surface area contributed by atoms with E-state index in [1.807, 2.05) is 19.1 Å². The zero-order chi connectivity index (χ0) is 18.8. The number of hydrogen-bond acceptors (Lipinski definition) is 6. The number of esters is 1. The Labute approximate surface area is 150 Å². The molecule has 0 aromatic rings. The van der Waals surface area contributed by atoms with Crippen molar-refractivity contribution in [3.8, 4) is 0 Å². The second kappa shape index (κ2) is 17.4. The van der Waals surface area contributed by atoms with E-state index in [2.05, 4.69) is 20.6 Å². The summed E-state index contributed by atoms with van der Waals surface area (Å²) in [5.74, 6) is -0.135. The van der Waals surface area contributed by atoms with Crippen LogP contribution in [0.15, 0.2) is 36.5 Å². The summed E-state index contributed by atoms with van der Waals surface area (Å²) in [5, 5.41) is 17.4. The molecule has 0 saturated carbocycles. The predicted molar refractivity (Wildman–Crippen MR) is 97.0 cm³/mol. The van der Waals surface area contributed by atoms with Crippen molar-refractivity contribution >= 4 is 5.97 Å². The Morgan fingerprint density at radius 2 is 1.68 bits per heavy atom. The van der Waals surface area contributed by atoms with Crippen LogP contribution in [0.3, 0.4) is 0 Å². The van der Waals surface area contributed by atoms with Gasteiger partial charge in [0.25, 0.3) is 0 Å². The van der Waals surface area contributed by atoms with Gasteiger partial charge < -0.3 is 4.74 Å². The van der Waals surface area contributed by atoms with Crippen LogP contribution in [-0.4, -0.2) is 35.8 Å². The first kappa shape index (κ1) is 23.5. The Hall–Kier alpha value is -1.47. The topological polar surface area (TPSA) is 85.2 Å². The Morgan fingerprint density at radius 1 is 0.960 bits per heavy atom. The van der Waals surface area contributed by atoms with Crippen molar-refractivity contribution in [2.24, 2.45) is 0 Å². The number of hydrogen-bond donors (Lipinski definition) is 2. The molecule has 0 aliphatic carbocycles. The van der Waals surface area contributed by atoms with Crippen LogP contribution in [0.1, 0.15) is 58.3 Å². The smallest absolute Gasteiger partial charge is 0.305 e. The second-order valence-electron chi connectivity index (χ2n) is 5.70. The Balaban J connectivity index is 3.77. The molecule has 0 aliphatic heterocycles. The summed E-state index contributed by atoms with van der Waals surface area (Å²) in [6.45, 7) is 1.87. The van der Waals surface area contributed by atoms with Gasteiger partial charge in [-0.25, -0.2) is 9.78 Å². The molecule has 0 spiro atoms. The van der Waals surface area contributed by atoms with Gasteiger partial charge in [-0.05, 0) is 31.8 Å². The van der Waals surface area contributed by atoms with E-state index in [4.69, 9.17) is 10.5 Å². The number of ether oxygens (including phenoxy) is 1. The molecule has 2 unspecified atom stereocenters. The third-order valence-electron chi connectivity index (χ3n) is 3.70. The number of allylic oxidation sites excluding steroid dienone is 3. The summed E-state index contributed by atoms with van der Waals surface area (Å²) in [7, 11) is 1.42. The molecule has 0 heterocycles. The van der Waals surface area contributed by atoms with Crippen LogP contribution < -0.4 is 0 Å². The van der Waals surface area contributed by atoms with Crippen molar-refractivity contribution in [3.63, 3.8) is 0 Å². The van der Waals surface area contributed by atoms with Gasteiger partial charge in [0, 0.05) is 6.42 Å². The van der Waals surface area contributed by atoms with E-state index in [1.165, 1.54) is 7.11 Å². The summed E-state index contributed by atoms with van der Waals surface area (Å²) >= 11 is 0. The molecule has 0 bridgehead atoms. The van der Waals surface area contributed by atoms with Gasteiger partial charge in [0.15, 0.2) is 0 Å². The maximum atomic E-state index is 10.9. The van der Waals surface area contributed by atoms with E-state index < -0.39 is 12.2 Å². The molecule has 0 aromatic carbocycles. The molecule has 0 rings (SSSR count). The van der Waals surface area contributed by atoms with E-state index in [1.54, 1.807) is 18.2 Å². The minimum absolute atomic E-state index is 0.135. The van der Waals surface area contributed by atoms with Crippen molar-refractivity contribution in [1.29, 1.82) is 0 Å². The van der Waals surface area contributed by atoms with Crippen LogP contribution in [0.4, 0.5) is 0 Å². The normalized spacial score (nSPS) is 14.6. The highest BCUT2D eigenvalue weighted by Gasteiger charge is 2.03. The molecule has 0 aliphatic rings. The molecule has 0 fully saturated rings. The molecule has 0 aromatic heterocycles. The lowest BCUT2D eigenvalue weighted by molar-refractivity contribution is -0.267. The van der Waals surface area contributed by atoms with Gasteiger partial charge in [0.2, 0.25) is 0 Å². The Morgan fingerprint density at radius 3 is 2.32 bits per heavy atom. The highest BCUT2D eigenvalue weighted by atomic mass is 17.1. The molecule has 0 amide bonds. The standard InChI is InChI=1S/C19H32O6/c1-3-17(24-21)15-16-18(25-22)13-11-9-7-5-4-6-8-10-12-14-19(20)23-2/h7,9,11,13,15-18,21-22H,3-6,8,10,12,14H2,1-2H3/b9-7-,13-11+,16-15+. The average Bonchev–Trinajstić information content (AvgIpc) is 2.64. The molecular formula is C19H32O6. The third kappa shape index (κ3) is 14.6. The molecule has 6 heteroatoms. The number of methoxy groups -OCH3 is 1. The number of rotatable bonds is 15. The number of carbonyl (C=O) groups is 1. The molecule has 0 radical (unpaired) electrons. The average molecular weight is 356 g/mol. The number of carbonyl (C=O) groups excluding carboxylic acids is 1. The van der Waals surface area contributed by atoms with E-state index in [0.717, 1.165) is 38.5 Å². The van der Waals surface area contributed by atoms with Crippen molar-refractivity contribution < 1.29 is 29.8 Å². The van der Waals surface area contributed by atoms with Gasteiger partial charge in [-0.1, -0.05) is 56.6 Å². The molecular weight excluding hydrogens is 324 g/mol. The highest BCUT2D eigenvalue weighted by Crippen LogP contribution is 2.08. The fraction of sp³-hybridized carbons (Fsp3) is 0.632. The van der Waals surface area contributed by atoms with Gasteiger partial charge in [-0.15, -0.1) is 0 Å². The minimum Gasteiger partial charge on any atom is -0.469 e. The minimum atomic E-state index is -0.580. The van der Waals surface area contributed by atoms with Crippen LogP contribution in [0, 0.1) is 0 Å². The van der Waals surface area contributed by atoms with Crippen molar-refractivity contribution in [1.82, 2.24) is 0 Å². The van der Waals surface area contributed by atoms with Crippen LogP contribution in [-0.2, 0) is 19.3 Å². The van der Waals surface area contributed by atoms with Crippen molar-refractivity contribution in [3.05, 3.63) is 36.5 Å². The van der Waals surface area contributed by atoms with Crippen LogP contribution in [0.25, 0.3) is 0 Å². The summed E-state index contributed by atoms with van der Waals surface area (Å²) < 4.78 is 4.60. The molecule has 0 saturated heterocycles. The second-order valence-corrected chi connectivity index (χ2v) is 5.70. The molecule has 144 valence electrons. The van der Waals surface area contributed by atoms with E-state index in [9.17, 15) is 4.79 Å². The maximum Gasteiger partial charge on any atom is 0.305 e. The lowest BCUT2D eigenvalue weighted by atomic mass is 10.1. The van der Waals surface area contributed by atoms with Crippen LogP contribution in [0.2, 0.25) is 0 Å². The monoisotopic (exact) mass is 356 g/mol. The lowest BCUT2D eigenvalue weighted by Gasteiger charge is -2.06. The fourth-order valence-electron chi connectivity index (χ4n) is 2.13. The third-order valence-corrected chi connectivity index (χ3v) is 3.70. The summed E-state index contributed by atoms with van der Waals surface area (Å²) in [6, 6.07) is 0. The van der Waals surface area contributed by atoms with Gasteiger partial charge in [0.05, 0.1) is 7.11 Å². The largest absolute Gasteiger partial charge is 0.469 e. The first-order valence-corrected chi connectivity index (χ1v) is 8.86. The maximum absolute atomic E-state index is 10.9. The Kier molecular flexibility index (Phi) is 16.3. The first-order chi connectivity index (χ1) is 12.2. The van der Waals surface area contributed by atoms with Crippen molar-refractivity contribution in [2.45, 2.75) is 70.5 Å². The van der Waals surface area contributed by atoms with E-state index in [0.29, 0.717) is 12.8 Å². The van der Waals surface area contributed by atoms with E-state index in [-0.39, 0.29) is 5.97 Å². The van der Waals surface area contributed by atoms with Crippen LogP contribution >= 0.6 is 0 Å². The highest BCUT2D eigenvalue weighted by molar-refractivity contribution is 5.68. The number of unbranched alkanes of at least 4 members (excludes halogenated alkanes) is 5. The fourth-order valence-corrected chi connectivity index (χ4v) is 2.13. The van der Waals surface area contributed by atoms with Crippen molar-refractivity contribution in [2.75, 3.05) is 7.11 Å². The Bertz CT molecular complexity index is 399. The van der Waals surface area contributed by atoms with Crippen LogP contribution in [0.5, 0.6) is 0 Å². The molecule has 6 nitrogen and oxygen atoms in total. The van der Waals surface area contributed by atoms with Gasteiger partial charge in [-0.3, -0.25) is 15.3 Å². The zero-order valence-electron chi connectivity index (χ0n) is 15.3. The van der Waals surface area contributed by atoms with E-state index >= 15 is 0 Å². The SMILES string of the molecule is CCC(/C=C/C(/C=C/C=C\CCCCCCCC(=O)OC)OO)OO. The summed E-state index contributed by atoms with van der Waals surface area (Å²) in [5.41, 5.74) is 0. The van der Waals surface area contributed by atoms with Gasteiger partial charge >= 0.3 is 5.97 Å². The summed E-state index contributed by atoms with van der Waals surface area (Å²) in [6.07, 6.45) is 17.2. The quantitative estimate of drug-likeness (QED) is 0.111. The molecule has 25 heavy (non-hydrogen) atoms. The molecule has 2 N–H and O–H groups in total. The molecule has 2 atom stereocenters. The first-order valence-electron chi connectivity index (χ1n) is 8.86. The zero-order valence-corrected chi connectivity index (χ0v) is 15.3. The summed E-state index contributed by atoms with van der Waals surface area (Å²) in [4.78, 5) is 19.5. The predicted octanol–water partition coefficient (Wildman–Crippen LogP) is 4.69. The van der Waals surface area contributed by atoms with Gasteiger partial charge in [0.1, 0.15) is 12.2 Å².